The lowest BCUT2D eigenvalue weighted by Gasteiger charge is -2.08. The minimum atomic E-state index is -2.73. The third-order valence-electron chi connectivity index (χ3n) is 4.30. The van der Waals surface area contributed by atoms with E-state index in [0.717, 1.165) is 19.3 Å². The molecule has 0 saturated heterocycles. The minimum Gasteiger partial charge on any atom is -0.463 e. The molecule has 2 N–H and O–H groups in total. The molecule has 0 aliphatic carbocycles. The molecule has 0 bridgehead atoms. The minimum absolute atomic E-state index is 0.208. The van der Waals surface area contributed by atoms with Crippen LogP contribution in [0.5, 0.6) is 0 Å². The van der Waals surface area contributed by atoms with Gasteiger partial charge < -0.3 is 9.84 Å². The largest absolute Gasteiger partial charge is 0.694 e. The Bertz CT molecular complexity index is 351. The van der Waals surface area contributed by atoms with Crippen molar-refractivity contribution in [2.75, 3.05) is 13.2 Å². The first kappa shape index (κ1) is 25.4. The highest BCUT2D eigenvalue weighted by Crippen LogP contribution is 2.15. The van der Waals surface area contributed by atoms with E-state index in [1.807, 2.05) is 0 Å². The molecule has 0 aromatic heterocycles. The first-order chi connectivity index (χ1) is 12.6. The van der Waals surface area contributed by atoms with Crippen LogP contribution in [0.25, 0.3) is 0 Å². The van der Waals surface area contributed by atoms with Gasteiger partial charge in [0.2, 0.25) is 0 Å². The van der Waals surface area contributed by atoms with E-state index < -0.39 is 14.4 Å². The van der Waals surface area contributed by atoms with Crippen LogP contribution >= 0.6 is 8.25 Å². The lowest BCUT2D eigenvalue weighted by molar-refractivity contribution is -0.147. The molecule has 154 valence electrons. The second kappa shape index (κ2) is 19.2. The quantitative estimate of drug-likeness (QED) is 0.181. The van der Waals surface area contributed by atoms with Crippen molar-refractivity contribution in [3.63, 3.8) is 0 Å². The summed E-state index contributed by atoms with van der Waals surface area (Å²) >= 11 is 0. The normalized spacial score (nSPS) is 12.8. The molecular weight excluding hydrogens is 355 g/mol. The molecule has 0 heterocycles. The second-order valence-corrected chi connectivity index (χ2v) is 7.60. The number of aliphatic hydroxyl groups is 1. The highest BCUT2D eigenvalue weighted by Gasteiger charge is 2.17. The van der Waals surface area contributed by atoms with Crippen LogP contribution in [0.3, 0.4) is 0 Å². The first-order valence-corrected chi connectivity index (χ1v) is 11.3. The maximum atomic E-state index is 11.5. The summed E-state index contributed by atoms with van der Waals surface area (Å²) in [7, 11) is -2.73. The van der Waals surface area contributed by atoms with Crippen LogP contribution < -0.4 is 0 Å². The van der Waals surface area contributed by atoms with Crippen LogP contribution in [-0.4, -0.2) is 35.3 Å². The van der Waals surface area contributed by atoms with Crippen LogP contribution in [-0.2, 0) is 18.6 Å². The summed E-state index contributed by atoms with van der Waals surface area (Å²) in [4.78, 5) is 19.9. The molecule has 26 heavy (non-hydrogen) atoms. The topological polar surface area (TPSA) is 93.1 Å². The fraction of sp³-hybridized carbons (Fsp3) is 0.947. The number of hydrogen-bond acceptors (Lipinski definition) is 5. The third kappa shape index (κ3) is 19.8. The first-order valence-electron chi connectivity index (χ1n) is 10.2. The SMILES string of the molecule is CCCCCCCCCCCCCCCC(=O)OCC(O)CO[P+](=O)O. The van der Waals surface area contributed by atoms with Crippen molar-refractivity contribution >= 4 is 14.2 Å². The van der Waals surface area contributed by atoms with Crippen molar-refractivity contribution in [3.8, 4) is 0 Å². The average Bonchev–Trinajstić information content (AvgIpc) is 2.62. The predicted molar refractivity (Wildman–Crippen MR) is 103 cm³/mol. The van der Waals surface area contributed by atoms with Crippen LogP contribution in [0, 0.1) is 0 Å². The van der Waals surface area contributed by atoms with Crippen molar-refractivity contribution in [1.82, 2.24) is 0 Å². The number of ether oxygens (including phenoxy) is 1. The lowest BCUT2D eigenvalue weighted by atomic mass is 10.0. The zero-order valence-corrected chi connectivity index (χ0v) is 17.3. The number of carbonyl (C=O) groups is 1. The third-order valence-corrected chi connectivity index (χ3v) is 4.67. The number of hydrogen-bond donors (Lipinski definition) is 2. The summed E-state index contributed by atoms with van der Waals surface area (Å²) in [5.41, 5.74) is 0. The van der Waals surface area contributed by atoms with Crippen LogP contribution in [0.1, 0.15) is 96.8 Å². The Balaban J connectivity index is 3.26. The maximum absolute atomic E-state index is 11.5. The lowest BCUT2D eigenvalue weighted by Crippen LogP contribution is -2.22. The van der Waals surface area contributed by atoms with Crippen molar-refractivity contribution in [2.45, 2.75) is 103 Å². The monoisotopic (exact) mass is 393 g/mol. The fourth-order valence-electron chi connectivity index (χ4n) is 2.75. The summed E-state index contributed by atoms with van der Waals surface area (Å²) in [6, 6.07) is 0. The van der Waals surface area contributed by atoms with E-state index >= 15 is 0 Å². The van der Waals surface area contributed by atoms with Crippen molar-refractivity contribution in [2.24, 2.45) is 0 Å². The molecule has 0 fully saturated rings. The molecule has 0 radical (unpaired) electrons. The van der Waals surface area contributed by atoms with Gasteiger partial charge in [0.15, 0.2) is 0 Å². The number of esters is 1. The van der Waals surface area contributed by atoms with Gasteiger partial charge in [-0.25, -0.2) is 0 Å². The summed E-state index contributed by atoms with van der Waals surface area (Å²) in [6.45, 7) is 1.72. The number of aliphatic hydroxyl groups excluding tert-OH is 1. The number of carbonyl (C=O) groups excluding carboxylic acids is 1. The molecule has 0 spiro atoms. The average molecular weight is 393 g/mol. The van der Waals surface area contributed by atoms with E-state index in [2.05, 4.69) is 11.4 Å². The summed E-state index contributed by atoms with van der Waals surface area (Å²) in [5.74, 6) is -0.347. The van der Waals surface area contributed by atoms with Gasteiger partial charge in [-0.05, 0) is 6.42 Å². The van der Waals surface area contributed by atoms with Gasteiger partial charge in [-0.2, -0.15) is 0 Å². The smallest absolute Gasteiger partial charge is 0.463 e. The summed E-state index contributed by atoms with van der Waals surface area (Å²) in [6.07, 6.45) is 15.6. The highest BCUT2D eigenvalue weighted by atomic mass is 31.1. The second-order valence-electron chi connectivity index (χ2n) is 6.86. The molecule has 2 atom stereocenters. The Labute approximate surface area is 159 Å². The van der Waals surface area contributed by atoms with Gasteiger partial charge in [-0.15, -0.1) is 9.42 Å². The molecule has 0 aliphatic rings. The molecule has 6 nitrogen and oxygen atoms in total. The van der Waals surface area contributed by atoms with Gasteiger partial charge in [-0.3, -0.25) is 4.79 Å². The molecular formula is C19H38O6P+. The van der Waals surface area contributed by atoms with Crippen LogP contribution in [0.2, 0.25) is 0 Å². The molecule has 0 saturated carbocycles. The molecule has 0 rings (SSSR count). The number of rotatable bonds is 19. The van der Waals surface area contributed by atoms with Gasteiger partial charge in [-0.1, -0.05) is 84.0 Å². The highest BCUT2D eigenvalue weighted by molar-refractivity contribution is 7.32. The standard InChI is InChI=1S/C19H37O6P/c1-2-3-4-5-6-7-8-9-10-11-12-13-14-15-19(21)24-16-18(20)17-25-26(22)23/h18,20H,2-17H2,1H3/p+1. The van der Waals surface area contributed by atoms with Gasteiger partial charge in [0.1, 0.15) is 19.3 Å². The molecule has 0 aromatic carbocycles. The zero-order chi connectivity index (χ0) is 19.5. The van der Waals surface area contributed by atoms with Crippen molar-refractivity contribution < 1.29 is 28.6 Å². The molecule has 0 amide bonds. The number of unbranched alkanes of at least 4 members (excludes halogenated alkanes) is 12. The van der Waals surface area contributed by atoms with E-state index in [1.54, 1.807) is 0 Å². The molecule has 0 aromatic rings. The Morgan fingerprint density at radius 2 is 1.31 bits per heavy atom. The van der Waals surface area contributed by atoms with Crippen LogP contribution in [0.15, 0.2) is 0 Å². The Kier molecular flexibility index (Phi) is 18.8. The Morgan fingerprint density at radius 1 is 0.846 bits per heavy atom. The van der Waals surface area contributed by atoms with E-state index in [0.29, 0.717) is 6.42 Å². The van der Waals surface area contributed by atoms with E-state index in [-0.39, 0.29) is 19.2 Å². The zero-order valence-electron chi connectivity index (χ0n) is 16.4. The predicted octanol–water partition coefficient (Wildman–Crippen LogP) is 5.04. The van der Waals surface area contributed by atoms with Gasteiger partial charge >= 0.3 is 14.2 Å². The van der Waals surface area contributed by atoms with Crippen molar-refractivity contribution in [3.05, 3.63) is 0 Å². The van der Waals surface area contributed by atoms with Crippen molar-refractivity contribution in [1.29, 1.82) is 0 Å². The van der Waals surface area contributed by atoms with E-state index in [4.69, 9.17) is 9.63 Å². The maximum Gasteiger partial charge on any atom is 0.694 e. The van der Waals surface area contributed by atoms with E-state index in [1.165, 1.54) is 64.2 Å². The summed E-state index contributed by atoms with van der Waals surface area (Å²) in [5, 5.41) is 9.39. The van der Waals surface area contributed by atoms with Crippen LogP contribution in [0.4, 0.5) is 0 Å². The summed E-state index contributed by atoms with van der Waals surface area (Å²) < 4.78 is 19.5. The van der Waals surface area contributed by atoms with Gasteiger partial charge in [0, 0.05) is 11.0 Å². The Hall–Kier alpha value is -0.550. The molecule has 2 unspecified atom stereocenters. The molecule has 0 aliphatic heterocycles. The van der Waals surface area contributed by atoms with E-state index in [9.17, 15) is 14.5 Å². The van der Waals surface area contributed by atoms with Gasteiger partial charge in [0.25, 0.3) is 0 Å². The fourth-order valence-corrected chi connectivity index (χ4v) is 3.05. The Morgan fingerprint density at radius 3 is 1.77 bits per heavy atom. The molecule has 7 heteroatoms. The van der Waals surface area contributed by atoms with Gasteiger partial charge in [0.05, 0.1) is 0 Å².